The van der Waals surface area contributed by atoms with E-state index in [0.29, 0.717) is 6.42 Å². The topological polar surface area (TPSA) is 68.1 Å². The molecule has 28 heavy (non-hydrogen) atoms. The van der Waals surface area contributed by atoms with E-state index >= 15 is 0 Å². The van der Waals surface area contributed by atoms with Gasteiger partial charge in [0.25, 0.3) is 5.69 Å². The first-order valence-corrected chi connectivity index (χ1v) is 9.61. The molecule has 0 radical (unpaired) electrons. The number of nitrogens with one attached hydrogen (secondary N) is 1. The molecule has 1 aromatic heterocycles. The molecule has 0 spiro atoms. The van der Waals surface area contributed by atoms with Gasteiger partial charge in [0.2, 0.25) is 0 Å². The molecule has 1 heterocycles. The van der Waals surface area contributed by atoms with Crippen LogP contribution in [0, 0.1) is 17.0 Å². The SMILES string of the molecule is Br.Cc1ccc(Nc2nc(C(C)(C)C)c(Cc3cccc([N+](=O)[O-])c3)s2)cc1. The van der Waals surface area contributed by atoms with Gasteiger partial charge in [-0.1, -0.05) is 50.6 Å². The summed E-state index contributed by atoms with van der Waals surface area (Å²) in [6.07, 6.45) is 0.627. The van der Waals surface area contributed by atoms with Crippen LogP contribution in [0.2, 0.25) is 0 Å². The van der Waals surface area contributed by atoms with Gasteiger partial charge in [-0.2, -0.15) is 0 Å². The summed E-state index contributed by atoms with van der Waals surface area (Å²) in [6.45, 7) is 8.46. The predicted octanol–water partition coefficient (Wildman–Crippen LogP) is 6.57. The largest absolute Gasteiger partial charge is 0.332 e. The lowest BCUT2D eigenvalue weighted by Crippen LogP contribution is -2.14. The van der Waals surface area contributed by atoms with Gasteiger partial charge in [0.1, 0.15) is 0 Å². The first-order valence-electron chi connectivity index (χ1n) is 8.79. The molecule has 0 unspecified atom stereocenters. The molecule has 2 aromatic carbocycles. The second kappa shape index (κ2) is 8.84. The van der Waals surface area contributed by atoms with Crippen molar-refractivity contribution in [3.05, 3.63) is 80.3 Å². The minimum absolute atomic E-state index is 0. The van der Waals surface area contributed by atoms with Crippen molar-refractivity contribution in [2.24, 2.45) is 0 Å². The molecule has 0 aliphatic carbocycles. The molecule has 3 aromatic rings. The van der Waals surface area contributed by atoms with E-state index in [1.165, 1.54) is 11.6 Å². The molecule has 1 N–H and O–H groups in total. The van der Waals surface area contributed by atoms with Crippen molar-refractivity contribution >= 4 is 44.8 Å². The molecular weight excluding hydrogens is 438 g/mol. The van der Waals surface area contributed by atoms with Crippen LogP contribution < -0.4 is 5.32 Å². The molecule has 5 nitrogen and oxygen atoms in total. The lowest BCUT2D eigenvalue weighted by Gasteiger charge is -2.17. The Balaban J connectivity index is 0.00000280. The van der Waals surface area contributed by atoms with E-state index in [9.17, 15) is 10.1 Å². The highest BCUT2D eigenvalue weighted by Gasteiger charge is 2.24. The van der Waals surface area contributed by atoms with Gasteiger partial charge in [0.15, 0.2) is 5.13 Å². The first kappa shape index (κ1) is 22.0. The van der Waals surface area contributed by atoms with Crippen molar-refractivity contribution < 1.29 is 4.92 Å². The number of aromatic nitrogens is 1. The fourth-order valence-electron chi connectivity index (χ4n) is 2.84. The van der Waals surface area contributed by atoms with Gasteiger partial charge in [-0.05, 0) is 24.6 Å². The van der Waals surface area contributed by atoms with Gasteiger partial charge < -0.3 is 5.32 Å². The summed E-state index contributed by atoms with van der Waals surface area (Å²) in [5.41, 5.74) is 4.15. The Bertz CT molecular complexity index is 963. The van der Waals surface area contributed by atoms with Crippen LogP contribution in [0.25, 0.3) is 0 Å². The fraction of sp³-hybridized carbons (Fsp3) is 0.286. The summed E-state index contributed by atoms with van der Waals surface area (Å²) in [4.78, 5) is 16.6. The molecule has 0 amide bonds. The third-order valence-electron chi connectivity index (χ3n) is 4.20. The molecular formula is C21H24BrN3O2S. The maximum atomic E-state index is 11.0. The zero-order valence-electron chi connectivity index (χ0n) is 16.4. The summed E-state index contributed by atoms with van der Waals surface area (Å²) in [5, 5.41) is 15.3. The number of hydrogen-bond donors (Lipinski definition) is 1. The highest BCUT2D eigenvalue weighted by Crippen LogP contribution is 2.35. The highest BCUT2D eigenvalue weighted by molar-refractivity contribution is 8.93. The average Bonchev–Trinajstić information content (AvgIpc) is 3.00. The number of hydrogen-bond acceptors (Lipinski definition) is 5. The molecule has 0 saturated heterocycles. The average molecular weight is 462 g/mol. The van der Waals surface area contributed by atoms with Crippen molar-refractivity contribution in [2.75, 3.05) is 5.32 Å². The zero-order chi connectivity index (χ0) is 19.6. The lowest BCUT2D eigenvalue weighted by atomic mass is 9.90. The van der Waals surface area contributed by atoms with Crippen LogP contribution >= 0.6 is 28.3 Å². The second-order valence-corrected chi connectivity index (χ2v) is 8.72. The number of halogens is 1. The third-order valence-corrected chi connectivity index (χ3v) is 5.17. The van der Waals surface area contributed by atoms with E-state index in [0.717, 1.165) is 27.0 Å². The maximum absolute atomic E-state index is 11.0. The van der Waals surface area contributed by atoms with E-state index in [4.69, 9.17) is 4.98 Å². The molecule has 0 aliphatic rings. The van der Waals surface area contributed by atoms with Crippen LogP contribution in [0.1, 0.15) is 42.5 Å². The number of aryl methyl sites for hydroxylation is 1. The standard InChI is InChI=1S/C21H23N3O2S.BrH/c1-14-8-10-16(11-9-14)22-20-23-19(21(2,3)4)18(27-20)13-15-6-5-7-17(12-15)24(25)26;/h5-12H,13H2,1-4H3,(H,22,23);1H. The number of benzene rings is 2. The van der Waals surface area contributed by atoms with Crippen LogP contribution in [0.15, 0.2) is 48.5 Å². The van der Waals surface area contributed by atoms with Gasteiger partial charge in [0, 0.05) is 34.5 Å². The smallest absolute Gasteiger partial charge is 0.269 e. The number of non-ortho nitro benzene ring substituents is 1. The lowest BCUT2D eigenvalue weighted by molar-refractivity contribution is -0.384. The number of nitrogens with zero attached hydrogens (tertiary/aromatic N) is 2. The molecule has 148 valence electrons. The van der Waals surface area contributed by atoms with Gasteiger partial charge in [-0.25, -0.2) is 4.98 Å². The Hall–Kier alpha value is -2.25. The molecule has 0 atom stereocenters. The van der Waals surface area contributed by atoms with Gasteiger partial charge >= 0.3 is 0 Å². The fourth-order valence-corrected chi connectivity index (χ4v) is 4.06. The van der Waals surface area contributed by atoms with Crippen LogP contribution in [0.3, 0.4) is 0 Å². The maximum Gasteiger partial charge on any atom is 0.269 e. The molecule has 7 heteroatoms. The predicted molar refractivity (Wildman–Crippen MR) is 122 cm³/mol. The Morgan fingerprint density at radius 3 is 2.43 bits per heavy atom. The Kier molecular flexibility index (Phi) is 6.96. The van der Waals surface area contributed by atoms with E-state index in [-0.39, 0.29) is 33.0 Å². The van der Waals surface area contributed by atoms with E-state index in [1.807, 2.05) is 18.2 Å². The van der Waals surface area contributed by atoms with Crippen LogP contribution in [0.4, 0.5) is 16.5 Å². The molecule has 0 fully saturated rings. The summed E-state index contributed by atoms with van der Waals surface area (Å²) in [7, 11) is 0. The van der Waals surface area contributed by atoms with Crippen molar-refractivity contribution in [2.45, 2.75) is 39.5 Å². The van der Waals surface area contributed by atoms with Gasteiger partial charge in [0.05, 0.1) is 10.6 Å². The Morgan fingerprint density at radius 1 is 1.14 bits per heavy atom. The van der Waals surface area contributed by atoms with Crippen molar-refractivity contribution in [3.63, 3.8) is 0 Å². The first-order chi connectivity index (χ1) is 12.7. The van der Waals surface area contributed by atoms with Crippen molar-refractivity contribution in [3.8, 4) is 0 Å². The van der Waals surface area contributed by atoms with Crippen LogP contribution in [-0.2, 0) is 11.8 Å². The molecule has 0 bridgehead atoms. The summed E-state index contributed by atoms with van der Waals surface area (Å²) < 4.78 is 0. The Labute approximate surface area is 179 Å². The van der Waals surface area contributed by atoms with Crippen LogP contribution in [-0.4, -0.2) is 9.91 Å². The number of nitro benzene ring substituents is 1. The van der Waals surface area contributed by atoms with Crippen molar-refractivity contribution in [1.82, 2.24) is 4.98 Å². The van der Waals surface area contributed by atoms with Gasteiger partial charge in [-0.3, -0.25) is 10.1 Å². The summed E-state index contributed by atoms with van der Waals surface area (Å²) >= 11 is 1.60. The summed E-state index contributed by atoms with van der Waals surface area (Å²) in [6, 6.07) is 15.0. The molecule has 3 rings (SSSR count). The quantitative estimate of drug-likeness (QED) is 0.344. The molecule has 0 saturated carbocycles. The minimum Gasteiger partial charge on any atom is -0.332 e. The number of anilines is 2. The number of rotatable bonds is 5. The van der Waals surface area contributed by atoms with E-state index < -0.39 is 0 Å². The van der Waals surface area contributed by atoms with E-state index in [2.05, 4.69) is 45.1 Å². The normalized spacial score (nSPS) is 11.0. The second-order valence-electron chi connectivity index (χ2n) is 7.64. The highest BCUT2D eigenvalue weighted by atomic mass is 79.9. The van der Waals surface area contributed by atoms with Crippen molar-refractivity contribution in [1.29, 1.82) is 0 Å². The zero-order valence-corrected chi connectivity index (χ0v) is 18.9. The van der Waals surface area contributed by atoms with E-state index in [1.54, 1.807) is 23.5 Å². The number of thiazole rings is 1. The van der Waals surface area contributed by atoms with Gasteiger partial charge in [-0.15, -0.1) is 28.3 Å². The minimum atomic E-state index is -0.356. The van der Waals surface area contributed by atoms with Crippen LogP contribution in [0.5, 0.6) is 0 Å². The summed E-state index contributed by atoms with van der Waals surface area (Å²) in [5.74, 6) is 0. The third kappa shape index (κ3) is 5.39. The number of nitro groups is 1. The Morgan fingerprint density at radius 2 is 1.82 bits per heavy atom. The monoisotopic (exact) mass is 461 g/mol. The molecule has 0 aliphatic heterocycles.